The number of hydrogen-bond acceptors (Lipinski definition) is 2. The van der Waals surface area contributed by atoms with Gasteiger partial charge in [0, 0.05) is 11.0 Å². The number of hydrogen-bond donors (Lipinski definition) is 1. The fourth-order valence-electron chi connectivity index (χ4n) is 1.92. The first kappa shape index (κ1) is 15.7. The van der Waals surface area contributed by atoms with Gasteiger partial charge >= 0.3 is 0 Å². The lowest BCUT2D eigenvalue weighted by Gasteiger charge is -2.19. The molecule has 0 saturated carbocycles. The maximum absolute atomic E-state index is 10.2. The molecule has 1 aromatic rings. The van der Waals surface area contributed by atoms with Crippen LogP contribution in [0.5, 0.6) is 0 Å². The minimum Gasteiger partial charge on any atom is -0.388 e. The van der Waals surface area contributed by atoms with Gasteiger partial charge < -0.3 is 10.0 Å². The normalized spacial score (nSPS) is 13.0. The Kier molecular flexibility index (Phi) is 6.90. The third-order valence-electron chi connectivity index (χ3n) is 3.24. The van der Waals surface area contributed by atoms with Crippen molar-refractivity contribution in [3.63, 3.8) is 0 Å². The molecule has 0 heterocycles. The summed E-state index contributed by atoms with van der Waals surface area (Å²) in [5, 5.41) is 10.2. The zero-order valence-corrected chi connectivity index (χ0v) is 13.2. The molecule has 0 saturated heterocycles. The topological polar surface area (TPSA) is 23.5 Å². The molecule has 18 heavy (non-hydrogen) atoms. The van der Waals surface area contributed by atoms with Gasteiger partial charge in [0.1, 0.15) is 0 Å². The van der Waals surface area contributed by atoms with E-state index >= 15 is 0 Å². The summed E-state index contributed by atoms with van der Waals surface area (Å²) in [6.45, 7) is 6.31. The van der Waals surface area contributed by atoms with E-state index < -0.39 is 0 Å². The smallest absolute Gasteiger partial charge is 0.0802 e. The first-order valence-electron chi connectivity index (χ1n) is 6.67. The van der Waals surface area contributed by atoms with Crippen molar-refractivity contribution in [3.05, 3.63) is 33.8 Å². The van der Waals surface area contributed by atoms with E-state index in [4.69, 9.17) is 0 Å². The molecule has 0 aliphatic carbocycles. The molecule has 1 rings (SSSR count). The Labute approximate surface area is 119 Å². The second-order valence-corrected chi connectivity index (χ2v) is 5.82. The number of benzene rings is 1. The maximum atomic E-state index is 10.2. The molecule has 102 valence electrons. The van der Waals surface area contributed by atoms with E-state index in [9.17, 15) is 5.11 Å². The average molecular weight is 314 g/mol. The van der Waals surface area contributed by atoms with Crippen LogP contribution in [0.2, 0.25) is 0 Å². The van der Waals surface area contributed by atoms with E-state index in [0.717, 1.165) is 29.5 Å². The molecular formula is C15H24BrNO. The van der Waals surface area contributed by atoms with Gasteiger partial charge in [-0.25, -0.2) is 0 Å². The van der Waals surface area contributed by atoms with Gasteiger partial charge in [0.15, 0.2) is 0 Å². The van der Waals surface area contributed by atoms with Gasteiger partial charge in [-0.05, 0) is 50.6 Å². The third kappa shape index (κ3) is 5.09. The third-order valence-corrected chi connectivity index (χ3v) is 4.13. The van der Waals surface area contributed by atoms with Crippen LogP contribution in [0.1, 0.15) is 43.4 Å². The maximum Gasteiger partial charge on any atom is 0.0802 e. The van der Waals surface area contributed by atoms with E-state index in [1.807, 2.05) is 19.1 Å². The van der Waals surface area contributed by atoms with Gasteiger partial charge in [-0.15, -0.1) is 0 Å². The van der Waals surface area contributed by atoms with Crippen LogP contribution in [0.15, 0.2) is 22.7 Å². The summed E-state index contributed by atoms with van der Waals surface area (Å²) in [5.74, 6) is 0. The van der Waals surface area contributed by atoms with E-state index in [1.54, 1.807) is 0 Å². The summed E-state index contributed by atoms with van der Waals surface area (Å²) in [6.07, 6.45) is 2.88. The van der Waals surface area contributed by atoms with Crippen LogP contribution >= 0.6 is 15.9 Å². The number of halogens is 1. The van der Waals surface area contributed by atoms with Crippen LogP contribution in [0, 0.1) is 6.92 Å². The second kappa shape index (κ2) is 7.93. The summed E-state index contributed by atoms with van der Waals surface area (Å²) in [4.78, 5) is 2.29. The predicted octanol–water partition coefficient (Wildman–Crippen LogP) is 3.91. The molecule has 0 fully saturated rings. The number of nitrogens with zero attached hydrogens (tertiary/aromatic N) is 1. The van der Waals surface area contributed by atoms with Crippen LogP contribution in [-0.2, 0) is 0 Å². The van der Waals surface area contributed by atoms with Crippen molar-refractivity contribution in [2.75, 3.05) is 20.1 Å². The monoisotopic (exact) mass is 313 g/mol. The highest BCUT2D eigenvalue weighted by atomic mass is 79.9. The molecular weight excluding hydrogens is 290 g/mol. The van der Waals surface area contributed by atoms with Gasteiger partial charge in [-0.2, -0.15) is 0 Å². The van der Waals surface area contributed by atoms with Crippen LogP contribution in [-0.4, -0.2) is 30.1 Å². The molecule has 0 spiro atoms. The van der Waals surface area contributed by atoms with Crippen molar-refractivity contribution < 1.29 is 5.11 Å². The lowest BCUT2D eigenvalue weighted by Crippen LogP contribution is -2.22. The number of unbranched alkanes of at least 4 members (excludes halogenated alkanes) is 1. The van der Waals surface area contributed by atoms with Crippen molar-refractivity contribution in [2.24, 2.45) is 0 Å². The molecule has 0 amide bonds. The molecule has 3 heteroatoms. The van der Waals surface area contributed by atoms with E-state index in [1.165, 1.54) is 18.4 Å². The highest BCUT2D eigenvalue weighted by Gasteiger charge is 2.09. The zero-order valence-electron chi connectivity index (χ0n) is 11.6. The molecule has 2 nitrogen and oxygen atoms in total. The van der Waals surface area contributed by atoms with Gasteiger partial charge in [-0.3, -0.25) is 0 Å². The Hall–Kier alpha value is -0.380. The second-order valence-electron chi connectivity index (χ2n) is 4.97. The summed E-state index contributed by atoms with van der Waals surface area (Å²) >= 11 is 3.48. The molecule has 0 aliphatic rings. The molecule has 1 aromatic carbocycles. The predicted molar refractivity (Wildman–Crippen MR) is 80.9 cm³/mol. The minimum atomic E-state index is -0.360. The largest absolute Gasteiger partial charge is 0.388 e. The van der Waals surface area contributed by atoms with Crippen molar-refractivity contribution >= 4 is 15.9 Å². The number of aryl methyl sites for hydroxylation is 1. The standard InChI is InChI=1S/C15H24BrNO/c1-4-5-9-17(3)10-8-15(18)13-6-7-14(16)12(2)11-13/h6-7,11,15,18H,4-5,8-10H2,1-3H3. The summed E-state index contributed by atoms with van der Waals surface area (Å²) in [5.41, 5.74) is 2.19. The average Bonchev–Trinajstić information content (AvgIpc) is 2.36. The molecule has 1 atom stereocenters. The fraction of sp³-hybridized carbons (Fsp3) is 0.600. The van der Waals surface area contributed by atoms with Crippen molar-refractivity contribution in [1.82, 2.24) is 4.90 Å². The zero-order chi connectivity index (χ0) is 13.5. The van der Waals surface area contributed by atoms with Crippen LogP contribution in [0.4, 0.5) is 0 Å². The Morgan fingerprint density at radius 2 is 2.06 bits per heavy atom. The first-order valence-corrected chi connectivity index (χ1v) is 7.46. The number of aliphatic hydroxyl groups excluding tert-OH is 1. The summed E-state index contributed by atoms with van der Waals surface area (Å²) in [7, 11) is 2.12. The number of aliphatic hydroxyl groups is 1. The molecule has 1 unspecified atom stereocenters. The van der Waals surface area contributed by atoms with Crippen LogP contribution < -0.4 is 0 Å². The van der Waals surface area contributed by atoms with E-state index in [2.05, 4.69) is 40.9 Å². The molecule has 0 bridgehead atoms. The Balaban J connectivity index is 2.44. The Morgan fingerprint density at radius 3 is 2.67 bits per heavy atom. The van der Waals surface area contributed by atoms with Crippen molar-refractivity contribution in [1.29, 1.82) is 0 Å². The lowest BCUT2D eigenvalue weighted by molar-refractivity contribution is 0.148. The van der Waals surface area contributed by atoms with E-state index in [0.29, 0.717) is 0 Å². The quantitative estimate of drug-likeness (QED) is 0.825. The highest BCUT2D eigenvalue weighted by Crippen LogP contribution is 2.23. The summed E-state index contributed by atoms with van der Waals surface area (Å²) in [6, 6.07) is 6.06. The number of rotatable bonds is 7. The van der Waals surface area contributed by atoms with Gasteiger partial charge in [0.25, 0.3) is 0 Å². The molecule has 0 aliphatic heterocycles. The van der Waals surface area contributed by atoms with Crippen molar-refractivity contribution in [3.8, 4) is 0 Å². The van der Waals surface area contributed by atoms with Crippen LogP contribution in [0.25, 0.3) is 0 Å². The fourth-order valence-corrected chi connectivity index (χ4v) is 2.17. The van der Waals surface area contributed by atoms with Gasteiger partial charge in [0.2, 0.25) is 0 Å². The Morgan fingerprint density at radius 1 is 1.33 bits per heavy atom. The minimum absolute atomic E-state index is 0.360. The van der Waals surface area contributed by atoms with Gasteiger partial charge in [0.05, 0.1) is 6.10 Å². The van der Waals surface area contributed by atoms with Crippen molar-refractivity contribution in [2.45, 2.75) is 39.2 Å². The van der Waals surface area contributed by atoms with Gasteiger partial charge in [-0.1, -0.05) is 41.4 Å². The molecule has 1 N–H and O–H groups in total. The molecule has 0 aromatic heterocycles. The Bertz CT molecular complexity index is 368. The highest BCUT2D eigenvalue weighted by molar-refractivity contribution is 9.10. The van der Waals surface area contributed by atoms with Crippen LogP contribution in [0.3, 0.4) is 0 Å². The molecule has 0 radical (unpaired) electrons. The summed E-state index contributed by atoms with van der Waals surface area (Å²) < 4.78 is 1.10. The first-order chi connectivity index (χ1) is 8.54. The SMILES string of the molecule is CCCCN(C)CCC(O)c1ccc(Br)c(C)c1. The van der Waals surface area contributed by atoms with E-state index in [-0.39, 0.29) is 6.10 Å². The lowest BCUT2D eigenvalue weighted by atomic mass is 10.0.